The Labute approximate surface area is 136 Å². The van der Waals surface area contributed by atoms with Gasteiger partial charge in [0.15, 0.2) is 0 Å². The molecule has 2 heterocycles. The second kappa shape index (κ2) is 6.36. The quantitative estimate of drug-likeness (QED) is 0.910. The van der Waals surface area contributed by atoms with Crippen molar-refractivity contribution in [3.63, 3.8) is 0 Å². The van der Waals surface area contributed by atoms with Crippen LogP contribution in [0.5, 0.6) is 5.75 Å². The molecule has 22 heavy (non-hydrogen) atoms. The van der Waals surface area contributed by atoms with Crippen LogP contribution in [0, 0.1) is 0 Å². The molecule has 1 aliphatic heterocycles. The fourth-order valence-electron chi connectivity index (χ4n) is 2.50. The third-order valence-corrected chi connectivity index (χ3v) is 4.05. The summed E-state index contributed by atoms with van der Waals surface area (Å²) in [6, 6.07) is 10.5. The van der Waals surface area contributed by atoms with Crippen LogP contribution in [-0.2, 0) is 11.3 Å². The zero-order chi connectivity index (χ0) is 15.5. The van der Waals surface area contributed by atoms with Crippen molar-refractivity contribution >= 4 is 21.8 Å². The van der Waals surface area contributed by atoms with Gasteiger partial charge < -0.3 is 14.6 Å². The van der Waals surface area contributed by atoms with E-state index in [0.29, 0.717) is 13.0 Å². The molecule has 0 saturated heterocycles. The van der Waals surface area contributed by atoms with Gasteiger partial charge in [-0.05, 0) is 24.3 Å². The Morgan fingerprint density at radius 2 is 2.23 bits per heavy atom. The molecule has 3 rings (SSSR count). The van der Waals surface area contributed by atoms with E-state index in [2.05, 4.69) is 21.2 Å². The minimum Gasteiger partial charge on any atom is -0.493 e. The molecule has 1 unspecified atom stereocenters. The summed E-state index contributed by atoms with van der Waals surface area (Å²) < 4.78 is 7.93. The SMILES string of the molecule is O=C(Cn1ccccc1=O)NC1CCOc2ccc(Br)cc21. The molecule has 0 saturated carbocycles. The number of carbonyl (C=O) groups is 1. The third kappa shape index (κ3) is 3.22. The summed E-state index contributed by atoms with van der Waals surface area (Å²) in [4.78, 5) is 23.9. The van der Waals surface area contributed by atoms with Crippen LogP contribution >= 0.6 is 15.9 Å². The van der Waals surface area contributed by atoms with Gasteiger partial charge in [-0.3, -0.25) is 9.59 Å². The molecule has 1 aromatic heterocycles. The van der Waals surface area contributed by atoms with Gasteiger partial charge in [0.2, 0.25) is 5.91 Å². The van der Waals surface area contributed by atoms with E-state index < -0.39 is 0 Å². The van der Waals surface area contributed by atoms with Crippen molar-refractivity contribution in [3.8, 4) is 5.75 Å². The average molecular weight is 363 g/mol. The van der Waals surface area contributed by atoms with E-state index in [0.717, 1.165) is 15.8 Å². The van der Waals surface area contributed by atoms with Crippen LogP contribution in [0.25, 0.3) is 0 Å². The largest absolute Gasteiger partial charge is 0.493 e. The van der Waals surface area contributed by atoms with Gasteiger partial charge in [-0.1, -0.05) is 22.0 Å². The predicted octanol–water partition coefficient (Wildman–Crippen LogP) is 2.25. The van der Waals surface area contributed by atoms with Crippen molar-refractivity contribution in [3.05, 3.63) is 63.0 Å². The molecule has 0 aliphatic carbocycles. The van der Waals surface area contributed by atoms with E-state index in [4.69, 9.17) is 4.74 Å². The average Bonchev–Trinajstić information content (AvgIpc) is 2.50. The molecule has 1 atom stereocenters. The van der Waals surface area contributed by atoms with E-state index >= 15 is 0 Å². The Hall–Kier alpha value is -2.08. The second-order valence-electron chi connectivity index (χ2n) is 5.11. The van der Waals surface area contributed by atoms with Crippen LogP contribution in [-0.4, -0.2) is 17.1 Å². The summed E-state index contributed by atoms with van der Waals surface area (Å²) in [7, 11) is 0. The molecule has 0 radical (unpaired) electrons. The molecular formula is C16H15BrN2O3. The van der Waals surface area contributed by atoms with Gasteiger partial charge in [0, 0.05) is 28.7 Å². The highest BCUT2D eigenvalue weighted by Gasteiger charge is 2.23. The number of carbonyl (C=O) groups excluding carboxylic acids is 1. The molecule has 0 bridgehead atoms. The van der Waals surface area contributed by atoms with E-state index in [9.17, 15) is 9.59 Å². The Morgan fingerprint density at radius 3 is 3.05 bits per heavy atom. The van der Waals surface area contributed by atoms with Crippen LogP contribution in [0.3, 0.4) is 0 Å². The Kier molecular flexibility index (Phi) is 4.29. The van der Waals surface area contributed by atoms with E-state index in [-0.39, 0.29) is 24.1 Å². The lowest BCUT2D eigenvalue weighted by Gasteiger charge is -2.27. The monoisotopic (exact) mass is 362 g/mol. The van der Waals surface area contributed by atoms with Gasteiger partial charge in [0.25, 0.3) is 5.56 Å². The van der Waals surface area contributed by atoms with Gasteiger partial charge in [0.05, 0.1) is 12.6 Å². The number of rotatable bonds is 3. The summed E-state index contributed by atoms with van der Waals surface area (Å²) in [5.74, 6) is 0.600. The maximum atomic E-state index is 12.2. The van der Waals surface area contributed by atoms with Gasteiger partial charge >= 0.3 is 0 Å². The Balaban J connectivity index is 1.74. The zero-order valence-corrected chi connectivity index (χ0v) is 13.4. The number of benzene rings is 1. The molecule has 6 heteroatoms. The predicted molar refractivity (Wildman–Crippen MR) is 85.8 cm³/mol. The maximum Gasteiger partial charge on any atom is 0.250 e. The highest BCUT2D eigenvalue weighted by atomic mass is 79.9. The van der Waals surface area contributed by atoms with Gasteiger partial charge in [-0.25, -0.2) is 0 Å². The number of amides is 1. The lowest BCUT2D eigenvalue weighted by atomic mass is 10.0. The molecule has 114 valence electrons. The molecule has 0 spiro atoms. The highest BCUT2D eigenvalue weighted by molar-refractivity contribution is 9.10. The first-order valence-electron chi connectivity index (χ1n) is 7.00. The molecule has 0 fully saturated rings. The molecule has 1 amide bonds. The lowest BCUT2D eigenvalue weighted by molar-refractivity contribution is -0.122. The number of fused-ring (bicyclic) bond motifs is 1. The van der Waals surface area contributed by atoms with E-state index in [1.54, 1.807) is 18.3 Å². The maximum absolute atomic E-state index is 12.2. The van der Waals surface area contributed by atoms with Crippen LogP contribution < -0.4 is 15.6 Å². The highest BCUT2D eigenvalue weighted by Crippen LogP contribution is 2.33. The molecule has 1 N–H and O–H groups in total. The number of aromatic nitrogens is 1. The smallest absolute Gasteiger partial charge is 0.250 e. The summed E-state index contributed by atoms with van der Waals surface area (Å²) in [6.45, 7) is 0.575. The second-order valence-corrected chi connectivity index (χ2v) is 6.02. The third-order valence-electron chi connectivity index (χ3n) is 3.56. The minimum absolute atomic E-state index is 0.0143. The summed E-state index contributed by atoms with van der Waals surface area (Å²) in [5.41, 5.74) is 0.766. The van der Waals surface area contributed by atoms with Gasteiger partial charge in [0.1, 0.15) is 12.3 Å². The Bertz CT molecular complexity index is 757. The van der Waals surface area contributed by atoms with E-state index in [1.807, 2.05) is 18.2 Å². The number of pyridine rings is 1. The van der Waals surface area contributed by atoms with Gasteiger partial charge in [-0.2, -0.15) is 0 Å². The van der Waals surface area contributed by atoms with Crippen LogP contribution in [0.2, 0.25) is 0 Å². The summed E-state index contributed by atoms with van der Waals surface area (Å²) in [6.07, 6.45) is 2.31. The zero-order valence-electron chi connectivity index (χ0n) is 11.8. The first kappa shape index (κ1) is 14.8. The van der Waals surface area contributed by atoms with Gasteiger partial charge in [-0.15, -0.1) is 0 Å². The fourth-order valence-corrected chi connectivity index (χ4v) is 2.88. The Morgan fingerprint density at radius 1 is 1.36 bits per heavy atom. The molecule has 1 aliphatic rings. The first-order chi connectivity index (χ1) is 10.6. The lowest BCUT2D eigenvalue weighted by Crippen LogP contribution is -2.36. The van der Waals surface area contributed by atoms with Crippen LogP contribution in [0.15, 0.2) is 51.9 Å². The summed E-state index contributed by atoms with van der Waals surface area (Å²) in [5, 5.41) is 2.98. The van der Waals surface area contributed by atoms with E-state index in [1.165, 1.54) is 10.6 Å². The van der Waals surface area contributed by atoms with Crippen molar-refractivity contribution in [1.29, 1.82) is 0 Å². The van der Waals surface area contributed by atoms with Crippen molar-refractivity contribution < 1.29 is 9.53 Å². The standard InChI is InChI=1S/C16H15BrN2O3/c17-11-4-5-14-12(9-11)13(6-8-22-14)18-15(20)10-19-7-2-1-3-16(19)21/h1-5,7,9,13H,6,8,10H2,(H,18,20). The number of hydrogen-bond donors (Lipinski definition) is 1. The number of nitrogens with zero attached hydrogens (tertiary/aromatic N) is 1. The molecular weight excluding hydrogens is 348 g/mol. The number of ether oxygens (including phenoxy) is 1. The topological polar surface area (TPSA) is 60.3 Å². The molecule has 2 aromatic rings. The van der Waals surface area contributed by atoms with Crippen LogP contribution in [0.1, 0.15) is 18.0 Å². The molecule has 1 aromatic carbocycles. The van der Waals surface area contributed by atoms with Crippen molar-refractivity contribution in [2.45, 2.75) is 19.0 Å². The number of hydrogen-bond acceptors (Lipinski definition) is 3. The number of nitrogens with one attached hydrogen (secondary N) is 1. The molecule has 5 nitrogen and oxygen atoms in total. The minimum atomic E-state index is -0.189. The number of halogens is 1. The van der Waals surface area contributed by atoms with Crippen molar-refractivity contribution in [2.24, 2.45) is 0 Å². The van der Waals surface area contributed by atoms with Crippen molar-refractivity contribution in [2.75, 3.05) is 6.61 Å². The van der Waals surface area contributed by atoms with Crippen LogP contribution in [0.4, 0.5) is 0 Å². The first-order valence-corrected chi connectivity index (χ1v) is 7.80. The fraction of sp³-hybridized carbons (Fsp3) is 0.250. The normalized spacial score (nSPS) is 16.5. The summed E-state index contributed by atoms with van der Waals surface area (Å²) >= 11 is 3.43. The van der Waals surface area contributed by atoms with Crippen molar-refractivity contribution in [1.82, 2.24) is 9.88 Å².